The maximum atomic E-state index is 11.7. The van der Waals surface area contributed by atoms with E-state index in [1.165, 1.54) is 6.42 Å². The molecular formula is C17H33FO7. The second-order valence-electron chi connectivity index (χ2n) is 5.42. The maximum absolute atomic E-state index is 11.7. The zero-order valence-corrected chi connectivity index (χ0v) is 15.1. The Morgan fingerprint density at radius 3 is 1.56 bits per heavy atom. The Morgan fingerprint density at radius 2 is 1.12 bits per heavy atom. The van der Waals surface area contributed by atoms with Gasteiger partial charge in [-0.05, 0) is 19.3 Å². The second-order valence-corrected chi connectivity index (χ2v) is 5.42. The van der Waals surface area contributed by atoms with Crippen LogP contribution in [0.25, 0.3) is 0 Å². The summed E-state index contributed by atoms with van der Waals surface area (Å²) in [6.07, 6.45) is 3.21. The summed E-state index contributed by atoms with van der Waals surface area (Å²) in [6.45, 7) is 5.53. The van der Waals surface area contributed by atoms with E-state index >= 15 is 0 Å². The molecule has 0 aromatic rings. The molecule has 1 unspecified atom stereocenters. The van der Waals surface area contributed by atoms with Crippen LogP contribution in [0.15, 0.2) is 0 Å². The molecule has 25 heavy (non-hydrogen) atoms. The van der Waals surface area contributed by atoms with Gasteiger partial charge in [0, 0.05) is 6.61 Å². The van der Waals surface area contributed by atoms with E-state index in [1.54, 1.807) is 0 Å². The predicted octanol–water partition coefficient (Wildman–Crippen LogP) is 1.58. The Kier molecular flexibility index (Phi) is 16.7. The first-order chi connectivity index (χ1) is 12.4. The van der Waals surface area contributed by atoms with Crippen LogP contribution < -0.4 is 0 Å². The van der Waals surface area contributed by atoms with Gasteiger partial charge in [-0.15, -0.1) is 0 Å². The minimum Gasteiger partial charge on any atom is -0.377 e. The molecule has 150 valence electrons. The van der Waals surface area contributed by atoms with Crippen LogP contribution in [-0.4, -0.2) is 92.2 Å². The minimum absolute atomic E-state index is 0.0580. The van der Waals surface area contributed by atoms with Crippen molar-refractivity contribution >= 4 is 0 Å². The number of rotatable bonds is 18. The van der Waals surface area contributed by atoms with Crippen molar-refractivity contribution in [3.8, 4) is 0 Å². The molecule has 0 aliphatic carbocycles. The highest BCUT2D eigenvalue weighted by atomic mass is 19.1. The van der Waals surface area contributed by atoms with Crippen molar-refractivity contribution < 1.29 is 37.5 Å². The van der Waals surface area contributed by atoms with Crippen molar-refractivity contribution in [1.29, 1.82) is 0 Å². The lowest BCUT2D eigenvalue weighted by Crippen LogP contribution is -2.24. The van der Waals surface area contributed by atoms with Crippen LogP contribution in [0.5, 0.6) is 0 Å². The van der Waals surface area contributed by atoms with Crippen molar-refractivity contribution in [2.75, 3.05) is 86.0 Å². The monoisotopic (exact) mass is 368 g/mol. The summed E-state index contributed by atoms with van der Waals surface area (Å²) in [7, 11) is 0. The molecule has 0 radical (unpaired) electrons. The van der Waals surface area contributed by atoms with Crippen LogP contribution in [0.1, 0.15) is 19.3 Å². The van der Waals surface area contributed by atoms with E-state index in [1.807, 2.05) is 0 Å². The summed E-state index contributed by atoms with van der Waals surface area (Å²) in [5.41, 5.74) is 0. The lowest BCUT2D eigenvalue weighted by atomic mass is 10.2. The Labute approximate surface area is 150 Å². The fourth-order valence-electron chi connectivity index (χ4n) is 2.12. The van der Waals surface area contributed by atoms with Gasteiger partial charge in [0.1, 0.15) is 6.67 Å². The van der Waals surface area contributed by atoms with Crippen LogP contribution in [0.2, 0.25) is 0 Å². The quantitative estimate of drug-likeness (QED) is 0.340. The molecule has 0 bridgehead atoms. The average Bonchev–Trinajstić information content (AvgIpc) is 2.65. The number of alkyl halides is 1. The summed E-state index contributed by atoms with van der Waals surface area (Å²) in [6, 6.07) is 0. The van der Waals surface area contributed by atoms with E-state index in [0.717, 1.165) is 19.4 Å². The highest BCUT2D eigenvalue weighted by Crippen LogP contribution is 2.13. The van der Waals surface area contributed by atoms with E-state index in [2.05, 4.69) is 0 Å². The zero-order chi connectivity index (χ0) is 17.8. The third kappa shape index (κ3) is 15.6. The van der Waals surface area contributed by atoms with E-state index in [9.17, 15) is 4.39 Å². The first kappa shape index (κ1) is 22.7. The number of halogens is 1. The lowest BCUT2D eigenvalue weighted by Gasteiger charge is -2.22. The van der Waals surface area contributed by atoms with Crippen molar-refractivity contribution in [3.63, 3.8) is 0 Å². The van der Waals surface area contributed by atoms with Gasteiger partial charge in [-0.25, -0.2) is 4.39 Å². The van der Waals surface area contributed by atoms with Crippen LogP contribution in [0, 0.1) is 0 Å². The normalized spacial score (nSPS) is 17.9. The molecule has 8 heteroatoms. The molecule has 1 heterocycles. The highest BCUT2D eigenvalue weighted by molar-refractivity contribution is 4.53. The highest BCUT2D eigenvalue weighted by Gasteiger charge is 2.13. The molecule has 0 spiro atoms. The van der Waals surface area contributed by atoms with E-state index in [0.29, 0.717) is 66.1 Å². The lowest BCUT2D eigenvalue weighted by molar-refractivity contribution is -0.169. The molecule has 1 rings (SSSR count). The van der Waals surface area contributed by atoms with Crippen LogP contribution >= 0.6 is 0 Å². The summed E-state index contributed by atoms with van der Waals surface area (Å²) < 4.78 is 49.1. The first-order valence-electron chi connectivity index (χ1n) is 9.11. The summed E-state index contributed by atoms with van der Waals surface area (Å²) >= 11 is 0. The summed E-state index contributed by atoms with van der Waals surface area (Å²) in [4.78, 5) is 0. The Balaban J connectivity index is 1.65. The SMILES string of the molecule is FCCOCCOCCOCCOCCOCCOC1CCCCO1. The Morgan fingerprint density at radius 1 is 0.640 bits per heavy atom. The zero-order valence-electron chi connectivity index (χ0n) is 15.1. The van der Waals surface area contributed by atoms with Crippen LogP contribution in [0.3, 0.4) is 0 Å². The van der Waals surface area contributed by atoms with Gasteiger partial charge in [0.15, 0.2) is 6.29 Å². The molecule has 0 amide bonds. The molecule has 1 aliphatic heterocycles. The van der Waals surface area contributed by atoms with Crippen molar-refractivity contribution in [2.24, 2.45) is 0 Å². The third-order valence-corrected chi connectivity index (χ3v) is 3.38. The average molecular weight is 368 g/mol. The Bertz CT molecular complexity index is 265. The van der Waals surface area contributed by atoms with E-state index < -0.39 is 6.67 Å². The van der Waals surface area contributed by atoms with Gasteiger partial charge in [-0.3, -0.25) is 0 Å². The largest absolute Gasteiger partial charge is 0.377 e. The second kappa shape index (κ2) is 18.4. The predicted molar refractivity (Wildman–Crippen MR) is 89.6 cm³/mol. The molecule has 1 aliphatic rings. The summed E-state index contributed by atoms with van der Waals surface area (Å²) in [5.74, 6) is 0. The number of hydrogen-bond acceptors (Lipinski definition) is 7. The fourth-order valence-corrected chi connectivity index (χ4v) is 2.12. The Hall–Kier alpha value is -0.350. The fraction of sp³-hybridized carbons (Fsp3) is 1.00. The topological polar surface area (TPSA) is 64.6 Å². The van der Waals surface area contributed by atoms with Crippen molar-refractivity contribution in [2.45, 2.75) is 25.6 Å². The van der Waals surface area contributed by atoms with Gasteiger partial charge in [-0.2, -0.15) is 0 Å². The molecule has 0 N–H and O–H groups in total. The standard InChI is InChI=1S/C17H33FO7/c18-4-6-19-7-8-20-9-10-21-11-12-22-13-14-23-15-16-25-17-3-1-2-5-24-17/h17H,1-16H2. The van der Waals surface area contributed by atoms with Gasteiger partial charge in [0.05, 0.1) is 72.7 Å². The van der Waals surface area contributed by atoms with Gasteiger partial charge < -0.3 is 33.2 Å². The molecule has 0 aromatic heterocycles. The molecular weight excluding hydrogens is 335 g/mol. The summed E-state index contributed by atoms with van der Waals surface area (Å²) in [5, 5.41) is 0. The molecule has 0 aromatic carbocycles. The molecule has 1 saturated heterocycles. The van der Waals surface area contributed by atoms with Gasteiger partial charge in [0.2, 0.25) is 0 Å². The molecule has 0 saturated carbocycles. The van der Waals surface area contributed by atoms with Crippen molar-refractivity contribution in [1.82, 2.24) is 0 Å². The van der Waals surface area contributed by atoms with Crippen molar-refractivity contribution in [3.05, 3.63) is 0 Å². The maximum Gasteiger partial charge on any atom is 0.157 e. The van der Waals surface area contributed by atoms with Crippen LogP contribution in [-0.2, 0) is 33.2 Å². The van der Waals surface area contributed by atoms with Crippen LogP contribution in [0.4, 0.5) is 4.39 Å². The minimum atomic E-state index is -0.461. The first-order valence-corrected chi connectivity index (χ1v) is 9.11. The van der Waals surface area contributed by atoms with E-state index in [-0.39, 0.29) is 12.9 Å². The molecule has 7 nitrogen and oxygen atoms in total. The number of ether oxygens (including phenoxy) is 7. The molecule has 1 fully saturated rings. The molecule has 1 atom stereocenters. The third-order valence-electron chi connectivity index (χ3n) is 3.38. The smallest absolute Gasteiger partial charge is 0.157 e. The van der Waals surface area contributed by atoms with Gasteiger partial charge >= 0.3 is 0 Å². The van der Waals surface area contributed by atoms with E-state index in [4.69, 9.17) is 33.2 Å². The number of hydrogen-bond donors (Lipinski definition) is 0. The van der Waals surface area contributed by atoms with Gasteiger partial charge in [0.25, 0.3) is 0 Å². The van der Waals surface area contributed by atoms with Gasteiger partial charge in [-0.1, -0.05) is 0 Å².